The van der Waals surface area contributed by atoms with Crippen LogP contribution in [0.25, 0.3) is 0 Å². The predicted octanol–water partition coefficient (Wildman–Crippen LogP) is 5.81. The third-order valence-corrected chi connectivity index (χ3v) is 9.16. The average Bonchev–Trinajstić information content (AvgIpc) is 3.47. The summed E-state index contributed by atoms with van der Waals surface area (Å²) in [6.45, 7) is 1.39. The number of amides is 2. The monoisotopic (exact) mass is 631 g/mol. The fraction of sp³-hybridized carbons (Fsp3) is 0.355. The Morgan fingerprint density at radius 2 is 1.57 bits per heavy atom. The molecule has 8 nitrogen and oxygen atoms in total. The summed E-state index contributed by atoms with van der Waals surface area (Å²) in [7, 11) is -3.88. The van der Waals surface area contributed by atoms with Gasteiger partial charge in [-0.1, -0.05) is 72.4 Å². The van der Waals surface area contributed by atoms with E-state index in [9.17, 15) is 18.0 Å². The predicted molar refractivity (Wildman–Crippen MR) is 166 cm³/mol. The third kappa shape index (κ3) is 8.40. The molecule has 1 saturated carbocycles. The number of nitrogens with zero attached hydrogens (tertiary/aromatic N) is 2. The van der Waals surface area contributed by atoms with E-state index >= 15 is 0 Å². The number of carbonyl (C=O) groups excluding carboxylic acids is 2. The number of hydrogen-bond acceptors (Lipinski definition) is 5. The molecule has 224 valence electrons. The van der Waals surface area contributed by atoms with Gasteiger partial charge in [-0.05, 0) is 61.7 Å². The molecule has 0 unspecified atom stereocenters. The van der Waals surface area contributed by atoms with Gasteiger partial charge in [-0.15, -0.1) is 0 Å². The molecule has 0 heterocycles. The van der Waals surface area contributed by atoms with E-state index < -0.39 is 28.5 Å². The van der Waals surface area contributed by atoms with Crippen molar-refractivity contribution >= 4 is 50.7 Å². The first-order chi connectivity index (χ1) is 20.0. The Hall–Kier alpha value is -3.27. The Bertz CT molecular complexity index is 1460. The average molecular weight is 633 g/mol. The second kappa shape index (κ2) is 14.3. The van der Waals surface area contributed by atoms with Crippen LogP contribution in [0, 0.1) is 0 Å². The van der Waals surface area contributed by atoms with Crippen molar-refractivity contribution in [1.82, 2.24) is 10.2 Å². The van der Waals surface area contributed by atoms with Gasteiger partial charge in [0.2, 0.25) is 21.8 Å². The maximum Gasteiger partial charge on any atom is 0.244 e. The van der Waals surface area contributed by atoms with E-state index in [2.05, 4.69) is 5.32 Å². The first kappa shape index (κ1) is 31.7. The van der Waals surface area contributed by atoms with Gasteiger partial charge in [0.05, 0.1) is 11.9 Å². The molecule has 1 N–H and O–H groups in total. The fourth-order valence-corrected chi connectivity index (χ4v) is 6.26. The maximum absolute atomic E-state index is 13.8. The van der Waals surface area contributed by atoms with Gasteiger partial charge in [0.15, 0.2) is 0 Å². The van der Waals surface area contributed by atoms with Gasteiger partial charge in [-0.25, -0.2) is 8.42 Å². The van der Waals surface area contributed by atoms with Gasteiger partial charge < -0.3 is 15.0 Å². The second-order valence-electron chi connectivity index (χ2n) is 10.4. The molecular weight excluding hydrogens is 597 g/mol. The van der Waals surface area contributed by atoms with Gasteiger partial charge in [-0.3, -0.25) is 13.9 Å². The van der Waals surface area contributed by atoms with Gasteiger partial charge in [0.1, 0.15) is 24.9 Å². The van der Waals surface area contributed by atoms with Crippen LogP contribution in [0.5, 0.6) is 5.75 Å². The number of halogens is 2. The van der Waals surface area contributed by atoms with Gasteiger partial charge in [0, 0.05) is 28.2 Å². The van der Waals surface area contributed by atoms with E-state index in [1.165, 1.54) is 4.90 Å². The number of rotatable bonds is 12. The van der Waals surface area contributed by atoms with Crippen molar-refractivity contribution < 1.29 is 22.7 Å². The van der Waals surface area contributed by atoms with Crippen molar-refractivity contribution in [2.24, 2.45) is 0 Å². The highest BCUT2D eigenvalue weighted by atomic mass is 35.5. The molecule has 2 amide bonds. The molecule has 3 aromatic rings. The molecule has 0 spiro atoms. The van der Waals surface area contributed by atoms with Crippen LogP contribution in [0.2, 0.25) is 10.0 Å². The summed E-state index contributed by atoms with van der Waals surface area (Å²) in [5.41, 5.74) is 1.76. The lowest BCUT2D eigenvalue weighted by Gasteiger charge is -2.32. The molecular formula is C31H35Cl2N3O5S. The van der Waals surface area contributed by atoms with E-state index in [0.29, 0.717) is 28.0 Å². The SMILES string of the molecule is C[C@@H](C(=O)NC1CCCC1)N(Cc1c(Cl)cccc1Cl)C(=O)CN(c1ccc(OCc2ccccc2)cc1)S(C)(=O)=O. The summed E-state index contributed by atoms with van der Waals surface area (Å²) in [6.07, 6.45) is 4.88. The van der Waals surface area contributed by atoms with E-state index in [0.717, 1.165) is 41.8 Å². The van der Waals surface area contributed by atoms with Crippen molar-refractivity contribution in [3.63, 3.8) is 0 Å². The number of sulfonamides is 1. The van der Waals surface area contributed by atoms with Crippen molar-refractivity contribution in [3.05, 3.63) is 94.0 Å². The highest BCUT2D eigenvalue weighted by Gasteiger charge is 2.32. The van der Waals surface area contributed by atoms with Crippen LogP contribution in [0.15, 0.2) is 72.8 Å². The van der Waals surface area contributed by atoms with Crippen molar-refractivity contribution in [3.8, 4) is 5.75 Å². The zero-order chi connectivity index (χ0) is 30.3. The minimum Gasteiger partial charge on any atom is -0.489 e. The largest absolute Gasteiger partial charge is 0.489 e. The molecule has 3 aromatic carbocycles. The topological polar surface area (TPSA) is 96.0 Å². The minimum atomic E-state index is -3.88. The molecule has 1 fully saturated rings. The first-order valence-corrected chi connectivity index (χ1v) is 16.4. The molecule has 1 aliphatic rings. The van der Waals surface area contributed by atoms with E-state index in [1.807, 2.05) is 30.3 Å². The molecule has 1 atom stereocenters. The molecule has 0 radical (unpaired) electrons. The molecule has 0 saturated heterocycles. The van der Waals surface area contributed by atoms with Crippen molar-refractivity contribution in [2.45, 2.75) is 57.8 Å². The van der Waals surface area contributed by atoms with Gasteiger partial charge in [-0.2, -0.15) is 0 Å². The molecule has 4 rings (SSSR count). The van der Waals surface area contributed by atoms with Crippen LogP contribution < -0.4 is 14.4 Å². The highest BCUT2D eigenvalue weighted by molar-refractivity contribution is 7.92. The standard InChI is InChI=1S/C31H35Cl2N3O5S/c1-22(31(38)34-24-11-6-7-12-24)35(19-27-28(32)13-8-14-29(27)33)30(37)20-36(42(2,39)40)25-15-17-26(18-16-25)41-21-23-9-4-3-5-10-23/h3-5,8-10,13-18,22,24H,6-7,11-12,19-21H2,1-2H3,(H,34,38)/t22-/m0/s1. The summed E-state index contributed by atoms with van der Waals surface area (Å²) < 4.78 is 32.6. The van der Waals surface area contributed by atoms with Crippen LogP contribution in [0.3, 0.4) is 0 Å². The van der Waals surface area contributed by atoms with Crippen molar-refractivity contribution in [1.29, 1.82) is 0 Å². The fourth-order valence-electron chi connectivity index (χ4n) is 4.89. The van der Waals surface area contributed by atoms with Crippen LogP contribution >= 0.6 is 23.2 Å². The summed E-state index contributed by atoms with van der Waals surface area (Å²) in [4.78, 5) is 28.4. The number of nitrogens with one attached hydrogen (secondary N) is 1. The Morgan fingerprint density at radius 1 is 0.952 bits per heavy atom. The summed E-state index contributed by atoms with van der Waals surface area (Å²) in [6, 6.07) is 20.3. The molecule has 1 aliphatic carbocycles. The van der Waals surface area contributed by atoms with Crippen LogP contribution in [0.4, 0.5) is 5.69 Å². The molecule has 0 aliphatic heterocycles. The summed E-state index contributed by atoms with van der Waals surface area (Å²) >= 11 is 12.8. The Kier molecular flexibility index (Phi) is 10.8. The van der Waals surface area contributed by atoms with Crippen LogP contribution in [-0.4, -0.2) is 50.0 Å². The smallest absolute Gasteiger partial charge is 0.244 e. The second-order valence-corrected chi connectivity index (χ2v) is 13.1. The lowest BCUT2D eigenvalue weighted by Crippen LogP contribution is -2.52. The maximum atomic E-state index is 13.8. The minimum absolute atomic E-state index is 0.0518. The third-order valence-electron chi connectivity index (χ3n) is 7.31. The normalized spacial score (nSPS) is 14.3. The van der Waals surface area contributed by atoms with Crippen LogP contribution in [0.1, 0.15) is 43.7 Å². The van der Waals surface area contributed by atoms with E-state index in [-0.39, 0.29) is 24.2 Å². The quantitative estimate of drug-likeness (QED) is 0.272. The van der Waals surface area contributed by atoms with Gasteiger partial charge in [0.25, 0.3) is 0 Å². The number of benzene rings is 3. The number of carbonyl (C=O) groups is 2. The summed E-state index contributed by atoms with van der Waals surface area (Å²) in [5.74, 6) is -0.339. The lowest BCUT2D eigenvalue weighted by atomic mass is 10.1. The van der Waals surface area contributed by atoms with Gasteiger partial charge >= 0.3 is 0 Å². The number of ether oxygens (including phenoxy) is 1. The first-order valence-electron chi connectivity index (χ1n) is 13.8. The highest BCUT2D eigenvalue weighted by Crippen LogP contribution is 2.28. The number of hydrogen-bond donors (Lipinski definition) is 1. The Labute approximate surface area is 257 Å². The molecule has 42 heavy (non-hydrogen) atoms. The van der Waals surface area contributed by atoms with Crippen LogP contribution in [-0.2, 0) is 32.8 Å². The Balaban J connectivity index is 1.55. The zero-order valence-electron chi connectivity index (χ0n) is 23.6. The molecule has 11 heteroatoms. The number of anilines is 1. The molecule has 0 aromatic heterocycles. The zero-order valence-corrected chi connectivity index (χ0v) is 26.0. The Morgan fingerprint density at radius 3 is 2.17 bits per heavy atom. The molecule has 0 bridgehead atoms. The van der Waals surface area contributed by atoms with E-state index in [1.54, 1.807) is 49.4 Å². The van der Waals surface area contributed by atoms with E-state index in [4.69, 9.17) is 27.9 Å². The lowest BCUT2D eigenvalue weighted by molar-refractivity contribution is -0.139. The van der Waals surface area contributed by atoms with Crippen molar-refractivity contribution in [2.75, 3.05) is 17.1 Å². The summed E-state index contributed by atoms with van der Waals surface area (Å²) in [5, 5.41) is 3.71.